The zero-order valence-electron chi connectivity index (χ0n) is 18.0. The van der Waals surface area contributed by atoms with Crippen molar-refractivity contribution >= 4 is 21.8 Å². The third-order valence-corrected chi connectivity index (χ3v) is 6.67. The first-order valence-corrected chi connectivity index (χ1v) is 12.0. The number of aliphatic imine (C=N–C) groups is 1. The number of nitrogens with one attached hydrogen (secondary N) is 1. The number of sulfonamides is 1. The van der Waals surface area contributed by atoms with Gasteiger partial charge < -0.3 is 4.74 Å². The second-order valence-corrected chi connectivity index (χ2v) is 9.23. The lowest BCUT2D eigenvalue weighted by Gasteiger charge is -2.04. The fourth-order valence-corrected chi connectivity index (χ4v) is 4.92. The summed E-state index contributed by atoms with van der Waals surface area (Å²) in [5.41, 5.74) is 3.67. The SMILES string of the molecule is O=C(CN=C1NS(=O)(=O)c2ccccc21)OCc1cn(-c2ccccc2)nc1-c1ccccc1. The summed E-state index contributed by atoms with van der Waals surface area (Å²) in [6.45, 7) is -0.317. The summed E-state index contributed by atoms with van der Waals surface area (Å²) in [4.78, 5) is 16.7. The number of hydrogen-bond acceptors (Lipinski definition) is 6. The molecule has 1 aromatic heterocycles. The van der Waals surface area contributed by atoms with E-state index < -0.39 is 16.0 Å². The van der Waals surface area contributed by atoms with Gasteiger partial charge in [0.2, 0.25) is 0 Å². The molecule has 0 aliphatic carbocycles. The summed E-state index contributed by atoms with van der Waals surface area (Å²) in [7, 11) is -3.66. The van der Waals surface area contributed by atoms with E-state index in [2.05, 4.69) is 9.71 Å². The highest BCUT2D eigenvalue weighted by atomic mass is 32.2. The van der Waals surface area contributed by atoms with Gasteiger partial charge in [-0.3, -0.25) is 14.5 Å². The minimum absolute atomic E-state index is 0.00304. The first kappa shape index (κ1) is 21.6. The Morgan fingerprint density at radius 3 is 2.38 bits per heavy atom. The van der Waals surface area contributed by atoms with E-state index in [1.54, 1.807) is 22.9 Å². The van der Waals surface area contributed by atoms with E-state index in [0.29, 0.717) is 11.3 Å². The Bertz CT molecular complexity index is 1480. The predicted octanol–water partition coefficient (Wildman–Crippen LogP) is 3.32. The number of fused-ring (bicyclic) bond motifs is 1. The molecule has 0 fully saturated rings. The number of aromatic nitrogens is 2. The number of rotatable bonds is 6. The first-order chi connectivity index (χ1) is 16.5. The second kappa shape index (κ2) is 8.95. The van der Waals surface area contributed by atoms with Crippen LogP contribution in [-0.2, 0) is 26.2 Å². The summed E-state index contributed by atoms with van der Waals surface area (Å²) >= 11 is 0. The third-order valence-electron chi connectivity index (χ3n) is 5.28. The molecule has 9 heteroatoms. The predicted molar refractivity (Wildman–Crippen MR) is 127 cm³/mol. The molecule has 0 spiro atoms. The lowest BCUT2D eigenvalue weighted by molar-refractivity contribution is -0.143. The van der Waals surface area contributed by atoms with Gasteiger partial charge in [0, 0.05) is 22.9 Å². The van der Waals surface area contributed by atoms with E-state index >= 15 is 0 Å². The molecule has 0 saturated carbocycles. The maximum Gasteiger partial charge on any atom is 0.328 e. The van der Waals surface area contributed by atoms with Crippen molar-refractivity contribution in [2.24, 2.45) is 4.99 Å². The van der Waals surface area contributed by atoms with Crippen molar-refractivity contribution in [3.63, 3.8) is 0 Å². The maximum atomic E-state index is 12.4. The average molecular weight is 473 g/mol. The normalized spacial score (nSPS) is 15.0. The summed E-state index contributed by atoms with van der Waals surface area (Å²) in [5.74, 6) is -0.447. The minimum atomic E-state index is -3.66. The van der Waals surface area contributed by atoms with Crippen LogP contribution in [0.15, 0.2) is 101 Å². The number of carbonyl (C=O) groups excluding carboxylic acids is 1. The van der Waals surface area contributed by atoms with E-state index in [1.165, 1.54) is 6.07 Å². The van der Waals surface area contributed by atoms with Gasteiger partial charge in [-0.1, -0.05) is 60.7 Å². The molecule has 0 bridgehead atoms. The van der Waals surface area contributed by atoms with Gasteiger partial charge >= 0.3 is 5.97 Å². The molecule has 0 radical (unpaired) electrons. The van der Waals surface area contributed by atoms with Crippen molar-refractivity contribution < 1.29 is 17.9 Å². The number of carbonyl (C=O) groups is 1. The van der Waals surface area contributed by atoms with Gasteiger partial charge in [-0.15, -0.1) is 0 Å². The third kappa shape index (κ3) is 4.33. The second-order valence-electron chi connectivity index (χ2n) is 7.58. The number of amidine groups is 1. The fourth-order valence-electron chi connectivity index (χ4n) is 3.67. The van der Waals surface area contributed by atoms with Crippen molar-refractivity contribution in [2.45, 2.75) is 11.5 Å². The van der Waals surface area contributed by atoms with E-state index in [9.17, 15) is 13.2 Å². The molecule has 2 heterocycles. The maximum absolute atomic E-state index is 12.4. The molecular weight excluding hydrogens is 452 g/mol. The van der Waals surface area contributed by atoms with Crippen molar-refractivity contribution in [1.82, 2.24) is 14.5 Å². The van der Waals surface area contributed by atoms with Crippen LogP contribution in [0, 0.1) is 0 Å². The summed E-state index contributed by atoms with van der Waals surface area (Å²) in [6.07, 6.45) is 1.83. The Kier molecular flexibility index (Phi) is 5.69. The van der Waals surface area contributed by atoms with Crippen molar-refractivity contribution in [2.75, 3.05) is 6.54 Å². The molecule has 170 valence electrons. The number of ether oxygens (including phenoxy) is 1. The smallest absolute Gasteiger partial charge is 0.328 e. The molecule has 5 rings (SSSR count). The lowest BCUT2D eigenvalue weighted by atomic mass is 10.1. The molecule has 8 nitrogen and oxygen atoms in total. The number of para-hydroxylation sites is 1. The fraction of sp³-hybridized carbons (Fsp3) is 0.0800. The highest BCUT2D eigenvalue weighted by Gasteiger charge is 2.30. The van der Waals surface area contributed by atoms with Crippen LogP contribution in [0.4, 0.5) is 0 Å². The summed E-state index contributed by atoms with van der Waals surface area (Å²) in [5, 5.41) is 4.70. The molecule has 4 aromatic rings. The van der Waals surface area contributed by atoms with Crippen molar-refractivity contribution in [1.29, 1.82) is 0 Å². The molecule has 3 aromatic carbocycles. The van der Waals surface area contributed by atoms with Crippen LogP contribution in [-0.4, -0.2) is 36.5 Å². The van der Waals surface area contributed by atoms with Crippen LogP contribution < -0.4 is 4.72 Å². The standard InChI is InChI=1S/C25H20N4O4S/c30-23(15-26-25-21-13-7-8-14-22(21)34(31,32)28-25)33-17-19-16-29(20-11-5-2-6-12-20)27-24(19)18-9-3-1-4-10-18/h1-14,16H,15,17H2,(H,26,28). The number of benzene rings is 3. The quantitative estimate of drug-likeness (QED) is 0.434. The molecule has 1 N–H and O–H groups in total. The van der Waals surface area contributed by atoms with Crippen LogP contribution in [0.1, 0.15) is 11.1 Å². The Morgan fingerprint density at radius 1 is 0.941 bits per heavy atom. The molecule has 0 unspecified atom stereocenters. The van der Waals surface area contributed by atoms with Gasteiger partial charge in [0.25, 0.3) is 10.0 Å². The molecule has 0 amide bonds. The Hall–Kier alpha value is -4.24. The topological polar surface area (TPSA) is 103 Å². The van der Waals surface area contributed by atoms with Gasteiger partial charge in [0.05, 0.1) is 16.3 Å². The van der Waals surface area contributed by atoms with E-state index in [4.69, 9.17) is 9.84 Å². The molecule has 1 aliphatic rings. The highest BCUT2D eigenvalue weighted by Crippen LogP contribution is 2.25. The number of nitrogens with zero attached hydrogens (tertiary/aromatic N) is 3. The van der Waals surface area contributed by atoms with Crippen molar-refractivity contribution in [3.05, 3.63) is 102 Å². The lowest BCUT2D eigenvalue weighted by Crippen LogP contribution is -2.23. The van der Waals surface area contributed by atoms with Crippen LogP contribution in [0.3, 0.4) is 0 Å². The van der Waals surface area contributed by atoms with Gasteiger partial charge in [-0.25, -0.2) is 13.1 Å². The Morgan fingerprint density at radius 2 is 1.62 bits per heavy atom. The number of esters is 1. The monoisotopic (exact) mass is 472 g/mol. The van der Waals surface area contributed by atoms with Gasteiger partial charge in [0.1, 0.15) is 19.0 Å². The largest absolute Gasteiger partial charge is 0.459 e. The molecule has 0 atom stereocenters. The molecule has 0 saturated heterocycles. The van der Waals surface area contributed by atoms with Crippen LogP contribution in [0.2, 0.25) is 0 Å². The van der Waals surface area contributed by atoms with E-state index in [1.807, 2.05) is 66.9 Å². The first-order valence-electron chi connectivity index (χ1n) is 10.5. The molecule has 1 aliphatic heterocycles. The average Bonchev–Trinajstić information content (AvgIpc) is 3.41. The van der Waals surface area contributed by atoms with Crippen molar-refractivity contribution in [3.8, 4) is 16.9 Å². The van der Waals surface area contributed by atoms with E-state index in [0.717, 1.165) is 16.8 Å². The summed E-state index contributed by atoms with van der Waals surface area (Å²) < 4.78 is 34.0. The van der Waals surface area contributed by atoms with E-state index in [-0.39, 0.29) is 23.9 Å². The molecule has 34 heavy (non-hydrogen) atoms. The zero-order chi connectivity index (χ0) is 23.5. The van der Waals surface area contributed by atoms with Crippen LogP contribution in [0.5, 0.6) is 0 Å². The van der Waals surface area contributed by atoms with Gasteiger partial charge in [-0.2, -0.15) is 5.10 Å². The van der Waals surface area contributed by atoms with Crippen LogP contribution >= 0.6 is 0 Å². The molecular formula is C25H20N4O4S. The van der Waals surface area contributed by atoms with Crippen LogP contribution in [0.25, 0.3) is 16.9 Å². The van der Waals surface area contributed by atoms with Gasteiger partial charge in [0.15, 0.2) is 0 Å². The number of hydrogen-bond donors (Lipinski definition) is 1. The minimum Gasteiger partial charge on any atom is -0.459 e. The Labute approximate surface area is 196 Å². The Balaban J connectivity index is 1.34. The summed E-state index contributed by atoms with van der Waals surface area (Å²) in [6, 6.07) is 25.8. The zero-order valence-corrected chi connectivity index (χ0v) is 18.8. The highest BCUT2D eigenvalue weighted by molar-refractivity contribution is 7.90. The van der Waals surface area contributed by atoms with Gasteiger partial charge in [-0.05, 0) is 24.3 Å².